The lowest BCUT2D eigenvalue weighted by atomic mass is 10.2. The van der Waals surface area contributed by atoms with Gasteiger partial charge in [0.15, 0.2) is 0 Å². The summed E-state index contributed by atoms with van der Waals surface area (Å²) in [6, 6.07) is 13.3. The monoisotopic (exact) mass is 405 g/mol. The molecule has 1 atom stereocenters. The zero-order valence-electron chi connectivity index (χ0n) is 13.9. The number of aromatic nitrogens is 2. The quantitative estimate of drug-likeness (QED) is 0.596. The van der Waals surface area contributed by atoms with Crippen molar-refractivity contribution in [1.82, 2.24) is 14.9 Å². The first-order valence-corrected chi connectivity index (χ1v) is 10.2. The zero-order valence-corrected chi connectivity index (χ0v) is 16.2. The molecule has 0 aliphatic carbocycles. The number of hydrogen-bond donors (Lipinski definition) is 1. The highest BCUT2D eigenvalue weighted by molar-refractivity contribution is 8.00. The number of rotatable bonds is 4. The number of nitrogens with one attached hydrogen (secondary N) is 1. The number of aromatic amines is 1. The molecule has 7 heteroatoms. The summed E-state index contributed by atoms with van der Waals surface area (Å²) in [5, 5.41) is 1.15. The maximum absolute atomic E-state index is 12.8. The van der Waals surface area contributed by atoms with Gasteiger partial charge in [0.25, 0.3) is 0 Å². The lowest BCUT2D eigenvalue weighted by Crippen LogP contribution is -2.32. The first-order chi connectivity index (χ1) is 12.6. The number of carbonyl (C=O) groups is 1. The Hall–Kier alpha value is -1.69. The molecule has 0 bridgehead atoms. The Labute approximate surface area is 165 Å². The van der Waals surface area contributed by atoms with Crippen LogP contribution in [0.3, 0.4) is 0 Å². The number of H-pyrrole nitrogens is 1. The highest BCUT2D eigenvalue weighted by Crippen LogP contribution is 2.36. The molecule has 2 aromatic carbocycles. The number of hydrogen-bond acceptors (Lipinski definition) is 3. The fourth-order valence-electron chi connectivity index (χ4n) is 3.32. The summed E-state index contributed by atoms with van der Waals surface area (Å²) in [6.45, 7) is 0.747. The van der Waals surface area contributed by atoms with Gasteiger partial charge in [0.2, 0.25) is 5.91 Å². The van der Waals surface area contributed by atoms with Crippen molar-refractivity contribution in [1.29, 1.82) is 0 Å². The van der Waals surface area contributed by atoms with Crippen molar-refractivity contribution in [2.45, 2.75) is 23.8 Å². The minimum absolute atomic E-state index is 0.00258. The molecule has 4 rings (SSSR count). The predicted octanol–water partition coefficient (Wildman–Crippen LogP) is 5.33. The molecule has 0 saturated carbocycles. The lowest BCUT2D eigenvalue weighted by molar-refractivity contribution is -0.129. The van der Waals surface area contributed by atoms with Gasteiger partial charge in [-0.1, -0.05) is 41.4 Å². The first kappa shape index (κ1) is 17.7. The van der Waals surface area contributed by atoms with Gasteiger partial charge < -0.3 is 9.88 Å². The summed E-state index contributed by atoms with van der Waals surface area (Å²) in [7, 11) is 0. The fraction of sp³-hybridized carbons (Fsp3) is 0.263. The minimum Gasteiger partial charge on any atom is -0.340 e. The maximum atomic E-state index is 12.8. The highest BCUT2D eigenvalue weighted by atomic mass is 35.5. The molecule has 1 aliphatic rings. The molecule has 3 aromatic rings. The number of thioether (sulfide) groups is 1. The normalized spacial score (nSPS) is 17.2. The van der Waals surface area contributed by atoms with Crippen molar-refractivity contribution < 1.29 is 4.79 Å². The van der Waals surface area contributed by atoms with E-state index in [1.54, 1.807) is 18.2 Å². The van der Waals surface area contributed by atoms with E-state index in [2.05, 4.69) is 9.97 Å². The van der Waals surface area contributed by atoms with Crippen molar-refractivity contribution in [3.05, 3.63) is 58.3 Å². The molecule has 1 fully saturated rings. The van der Waals surface area contributed by atoms with Crippen LogP contribution in [-0.2, 0) is 4.79 Å². The van der Waals surface area contributed by atoms with Crippen LogP contribution in [0.4, 0.5) is 0 Å². The number of carbonyl (C=O) groups excluding carboxylic acids is 1. The van der Waals surface area contributed by atoms with Crippen LogP contribution in [0.5, 0.6) is 0 Å². The van der Waals surface area contributed by atoms with E-state index in [0.717, 1.165) is 41.1 Å². The van der Waals surface area contributed by atoms with E-state index in [-0.39, 0.29) is 11.9 Å². The molecule has 1 aliphatic heterocycles. The summed E-state index contributed by atoms with van der Waals surface area (Å²) in [5.74, 6) is 1.24. The number of benzene rings is 2. The van der Waals surface area contributed by atoms with Gasteiger partial charge >= 0.3 is 0 Å². The molecule has 2 heterocycles. The molecule has 0 radical (unpaired) electrons. The van der Waals surface area contributed by atoms with Crippen molar-refractivity contribution >= 4 is 51.9 Å². The van der Waals surface area contributed by atoms with Crippen LogP contribution in [0.15, 0.2) is 47.4 Å². The number of halogens is 2. The zero-order chi connectivity index (χ0) is 18.1. The number of imidazole rings is 1. The van der Waals surface area contributed by atoms with Crippen molar-refractivity contribution in [3.63, 3.8) is 0 Å². The Balaban J connectivity index is 1.50. The van der Waals surface area contributed by atoms with Crippen LogP contribution in [0.1, 0.15) is 24.7 Å². The lowest BCUT2D eigenvalue weighted by Gasteiger charge is -2.23. The number of likely N-dealkylation sites (tertiary alicyclic amines) is 1. The average molecular weight is 406 g/mol. The van der Waals surface area contributed by atoms with E-state index in [0.29, 0.717) is 15.8 Å². The van der Waals surface area contributed by atoms with E-state index in [4.69, 9.17) is 23.2 Å². The maximum Gasteiger partial charge on any atom is 0.233 e. The summed E-state index contributed by atoms with van der Waals surface area (Å²) in [5.41, 5.74) is 1.93. The highest BCUT2D eigenvalue weighted by Gasteiger charge is 2.32. The SMILES string of the molecule is O=C(CSc1c(Cl)cccc1Cl)N1CCC[C@@H]1c1nc2ccccc2[nH]1. The van der Waals surface area contributed by atoms with Crippen molar-refractivity contribution in [2.24, 2.45) is 0 Å². The molecular weight excluding hydrogens is 389 g/mol. The van der Waals surface area contributed by atoms with E-state index in [1.807, 2.05) is 29.2 Å². The van der Waals surface area contributed by atoms with Crippen LogP contribution in [0.2, 0.25) is 10.0 Å². The van der Waals surface area contributed by atoms with E-state index < -0.39 is 0 Å². The fourth-order valence-corrected chi connectivity index (χ4v) is 4.89. The standard InChI is InChI=1S/C19H17Cl2N3OS/c20-12-5-3-6-13(21)18(12)26-11-17(25)24-10-4-9-16(24)19-22-14-7-1-2-8-15(14)23-19/h1-3,5-8,16H,4,9-11H2,(H,22,23)/t16-/m1/s1. The molecule has 1 aromatic heterocycles. The predicted molar refractivity (Wildman–Crippen MR) is 107 cm³/mol. The third kappa shape index (κ3) is 3.43. The number of para-hydroxylation sites is 2. The Kier molecular flexibility index (Phi) is 5.11. The molecule has 0 unspecified atom stereocenters. The number of nitrogens with zero attached hydrogens (tertiary/aromatic N) is 2. The van der Waals surface area contributed by atoms with Gasteiger partial charge in [-0.3, -0.25) is 4.79 Å². The molecule has 1 saturated heterocycles. The number of amides is 1. The Morgan fingerprint density at radius 3 is 2.73 bits per heavy atom. The summed E-state index contributed by atoms with van der Waals surface area (Å²) < 4.78 is 0. The molecule has 1 N–H and O–H groups in total. The van der Waals surface area contributed by atoms with E-state index in [1.165, 1.54) is 11.8 Å². The van der Waals surface area contributed by atoms with Gasteiger partial charge in [0.05, 0.1) is 32.9 Å². The number of fused-ring (bicyclic) bond motifs is 1. The van der Waals surface area contributed by atoms with Crippen LogP contribution in [0, 0.1) is 0 Å². The Morgan fingerprint density at radius 1 is 1.19 bits per heavy atom. The van der Waals surface area contributed by atoms with Crippen molar-refractivity contribution in [3.8, 4) is 0 Å². The van der Waals surface area contributed by atoms with Crippen LogP contribution >= 0.6 is 35.0 Å². The molecule has 134 valence electrons. The van der Waals surface area contributed by atoms with E-state index >= 15 is 0 Å². The largest absolute Gasteiger partial charge is 0.340 e. The summed E-state index contributed by atoms with van der Waals surface area (Å²) in [4.78, 5) is 23.5. The minimum atomic E-state index is -0.00258. The van der Waals surface area contributed by atoms with E-state index in [9.17, 15) is 4.79 Å². The summed E-state index contributed by atoms with van der Waals surface area (Å²) in [6.07, 6.45) is 1.90. The average Bonchev–Trinajstić information content (AvgIpc) is 3.27. The van der Waals surface area contributed by atoms with Gasteiger partial charge in [-0.05, 0) is 37.1 Å². The van der Waals surface area contributed by atoms with Crippen molar-refractivity contribution in [2.75, 3.05) is 12.3 Å². The molecule has 1 amide bonds. The van der Waals surface area contributed by atoms with Gasteiger partial charge in [-0.25, -0.2) is 4.98 Å². The first-order valence-electron chi connectivity index (χ1n) is 8.44. The third-order valence-electron chi connectivity index (χ3n) is 4.56. The molecule has 26 heavy (non-hydrogen) atoms. The third-order valence-corrected chi connectivity index (χ3v) is 6.53. The topological polar surface area (TPSA) is 49.0 Å². The Morgan fingerprint density at radius 2 is 1.96 bits per heavy atom. The van der Waals surface area contributed by atoms with Crippen LogP contribution in [0.25, 0.3) is 11.0 Å². The second kappa shape index (κ2) is 7.51. The van der Waals surface area contributed by atoms with Crippen LogP contribution in [-0.4, -0.2) is 33.1 Å². The smallest absolute Gasteiger partial charge is 0.233 e. The summed E-state index contributed by atoms with van der Waals surface area (Å²) >= 11 is 13.8. The van der Waals surface area contributed by atoms with Gasteiger partial charge in [0.1, 0.15) is 5.82 Å². The Bertz CT molecular complexity index is 906. The van der Waals surface area contributed by atoms with Crippen LogP contribution < -0.4 is 0 Å². The van der Waals surface area contributed by atoms with Gasteiger partial charge in [-0.2, -0.15) is 0 Å². The second-order valence-electron chi connectivity index (χ2n) is 6.22. The molecule has 0 spiro atoms. The molecular formula is C19H17Cl2N3OS. The van der Waals surface area contributed by atoms with Gasteiger partial charge in [-0.15, -0.1) is 11.8 Å². The molecule has 4 nitrogen and oxygen atoms in total. The van der Waals surface area contributed by atoms with Gasteiger partial charge in [0, 0.05) is 11.4 Å². The second-order valence-corrected chi connectivity index (χ2v) is 8.02.